The number of benzene rings is 2. The van der Waals surface area contributed by atoms with Gasteiger partial charge in [0, 0.05) is 13.0 Å². The second-order valence-corrected chi connectivity index (χ2v) is 7.21. The Kier molecular flexibility index (Phi) is 7.89. The molecule has 1 heterocycles. The van der Waals surface area contributed by atoms with Crippen LogP contribution in [0, 0.1) is 0 Å². The second-order valence-electron chi connectivity index (χ2n) is 7.21. The Balaban J connectivity index is 1.61. The van der Waals surface area contributed by atoms with Crippen LogP contribution >= 0.6 is 0 Å². The van der Waals surface area contributed by atoms with Crippen molar-refractivity contribution in [2.24, 2.45) is 0 Å². The van der Waals surface area contributed by atoms with Gasteiger partial charge in [0.15, 0.2) is 0 Å². The smallest absolute Gasteiger partial charge is 0.411 e. The van der Waals surface area contributed by atoms with Crippen molar-refractivity contribution >= 4 is 12.2 Å². The van der Waals surface area contributed by atoms with Crippen LogP contribution in [-0.2, 0) is 22.7 Å². The van der Waals surface area contributed by atoms with Gasteiger partial charge in [-0.05, 0) is 30.9 Å². The highest BCUT2D eigenvalue weighted by Gasteiger charge is 2.29. The van der Waals surface area contributed by atoms with Crippen molar-refractivity contribution < 1.29 is 19.1 Å². The lowest BCUT2D eigenvalue weighted by Gasteiger charge is -2.29. The minimum atomic E-state index is -0.554. The molecule has 2 amide bonds. The summed E-state index contributed by atoms with van der Waals surface area (Å²) in [6, 6.07) is 19.0. The lowest BCUT2D eigenvalue weighted by atomic mass is 10.1. The van der Waals surface area contributed by atoms with Crippen molar-refractivity contribution in [3.63, 3.8) is 0 Å². The molecule has 0 spiro atoms. The molecule has 0 bridgehead atoms. The van der Waals surface area contributed by atoms with Gasteiger partial charge in [0.1, 0.15) is 19.4 Å². The van der Waals surface area contributed by atoms with Gasteiger partial charge in [-0.15, -0.1) is 0 Å². The maximum Gasteiger partial charge on any atom is 0.411 e. The summed E-state index contributed by atoms with van der Waals surface area (Å²) in [4.78, 5) is 26.8. The van der Waals surface area contributed by atoms with E-state index >= 15 is 0 Å². The number of nitrogens with one attached hydrogen (secondary N) is 1. The van der Waals surface area contributed by atoms with Gasteiger partial charge < -0.3 is 14.8 Å². The summed E-state index contributed by atoms with van der Waals surface area (Å²) in [6.07, 6.45) is 2.80. The molecule has 1 fully saturated rings. The third-order valence-electron chi connectivity index (χ3n) is 5.07. The van der Waals surface area contributed by atoms with Crippen LogP contribution in [0.3, 0.4) is 0 Å². The third-order valence-corrected chi connectivity index (χ3v) is 5.07. The van der Waals surface area contributed by atoms with E-state index in [2.05, 4.69) is 5.32 Å². The standard InChI is InChI=1S/C24H28N2O4/c1-2-19-14-9-15-26(24(28)30-18-21-12-7-4-8-13-21)22(16-19)25-23(27)29-17-20-10-5-3-6-11-20/h2-8,10-13,22H,9,14-18H2,1H3,(H,25,27). The Labute approximate surface area is 177 Å². The monoisotopic (exact) mass is 408 g/mol. The zero-order chi connectivity index (χ0) is 21.2. The lowest BCUT2D eigenvalue weighted by Crippen LogP contribution is -2.50. The number of carbonyl (C=O) groups excluding carboxylic acids is 2. The van der Waals surface area contributed by atoms with Crippen molar-refractivity contribution in [3.8, 4) is 0 Å². The van der Waals surface area contributed by atoms with Crippen LogP contribution < -0.4 is 5.32 Å². The highest BCUT2D eigenvalue weighted by molar-refractivity contribution is 5.71. The summed E-state index contributed by atoms with van der Waals surface area (Å²) in [5, 5.41) is 2.85. The van der Waals surface area contributed by atoms with E-state index in [-0.39, 0.29) is 13.2 Å². The quantitative estimate of drug-likeness (QED) is 0.707. The first-order chi connectivity index (χ1) is 14.7. The maximum atomic E-state index is 12.8. The molecular weight excluding hydrogens is 380 g/mol. The van der Waals surface area contributed by atoms with Gasteiger partial charge >= 0.3 is 12.2 Å². The number of ether oxygens (including phenoxy) is 2. The van der Waals surface area contributed by atoms with E-state index in [0.717, 1.165) is 24.0 Å². The number of amides is 2. The topological polar surface area (TPSA) is 67.9 Å². The fourth-order valence-corrected chi connectivity index (χ4v) is 3.41. The zero-order valence-corrected chi connectivity index (χ0v) is 17.3. The second kappa shape index (κ2) is 11.0. The molecule has 2 aromatic rings. The predicted molar refractivity (Wildman–Crippen MR) is 114 cm³/mol. The Morgan fingerprint density at radius 2 is 1.60 bits per heavy atom. The maximum absolute atomic E-state index is 12.8. The molecule has 0 aliphatic carbocycles. The van der Waals surface area contributed by atoms with Crippen LogP contribution in [0.5, 0.6) is 0 Å². The van der Waals surface area contributed by atoms with Gasteiger partial charge in [0.2, 0.25) is 0 Å². The highest BCUT2D eigenvalue weighted by atomic mass is 16.6. The Bertz CT molecular complexity index is 852. The third kappa shape index (κ3) is 6.37. The number of hydrogen-bond donors (Lipinski definition) is 1. The van der Waals surface area contributed by atoms with Gasteiger partial charge in [0.25, 0.3) is 0 Å². The van der Waals surface area contributed by atoms with Gasteiger partial charge in [0.05, 0.1) is 0 Å². The van der Waals surface area contributed by atoms with Gasteiger partial charge in [-0.1, -0.05) is 72.3 Å². The van der Waals surface area contributed by atoms with Gasteiger partial charge in [-0.2, -0.15) is 0 Å². The van der Waals surface area contributed by atoms with E-state index in [9.17, 15) is 9.59 Å². The average molecular weight is 408 g/mol. The van der Waals surface area contributed by atoms with Crippen molar-refractivity contribution in [2.75, 3.05) is 6.54 Å². The minimum Gasteiger partial charge on any atom is -0.445 e. The van der Waals surface area contributed by atoms with Gasteiger partial charge in [-0.3, -0.25) is 4.90 Å². The summed E-state index contributed by atoms with van der Waals surface area (Å²) in [6.45, 7) is 2.85. The Hall–Kier alpha value is -3.28. The molecule has 1 aliphatic rings. The number of allylic oxidation sites excluding steroid dienone is 1. The molecule has 0 saturated carbocycles. The van der Waals surface area contributed by atoms with Crippen LogP contribution in [0.25, 0.3) is 0 Å². The molecule has 158 valence electrons. The number of carbonyl (C=O) groups is 2. The molecule has 1 N–H and O–H groups in total. The number of nitrogens with zero attached hydrogens (tertiary/aromatic N) is 1. The molecule has 3 rings (SSSR count). The minimum absolute atomic E-state index is 0.175. The van der Waals surface area contributed by atoms with E-state index in [1.807, 2.05) is 73.7 Å². The van der Waals surface area contributed by atoms with E-state index in [0.29, 0.717) is 13.0 Å². The van der Waals surface area contributed by atoms with Crippen molar-refractivity contribution in [3.05, 3.63) is 83.4 Å². The molecule has 0 radical (unpaired) electrons. The first-order valence-corrected chi connectivity index (χ1v) is 10.2. The molecule has 6 nitrogen and oxygen atoms in total. The van der Waals surface area contributed by atoms with E-state index < -0.39 is 18.4 Å². The summed E-state index contributed by atoms with van der Waals surface area (Å²) in [5.41, 5.74) is 3.02. The summed E-state index contributed by atoms with van der Waals surface area (Å²) < 4.78 is 10.9. The average Bonchev–Trinajstić information content (AvgIpc) is 2.99. The zero-order valence-electron chi connectivity index (χ0n) is 17.3. The molecule has 0 aromatic heterocycles. The first-order valence-electron chi connectivity index (χ1n) is 10.2. The van der Waals surface area contributed by atoms with Gasteiger partial charge in [-0.25, -0.2) is 9.59 Å². The summed E-state index contributed by atoms with van der Waals surface area (Å²) in [5.74, 6) is 0. The molecule has 1 unspecified atom stereocenters. The van der Waals surface area contributed by atoms with E-state index in [4.69, 9.17) is 9.47 Å². The lowest BCUT2D eigenvalue weighted by molar-refractivity contribution is 0.0704. The fraction of sp³-hybridized carbons (Fsp3) is 0.333. The Morgan fingerprint density at radius 3 is 2.20 bits per heavy atom. The van der Waals surface area contributed by atoms with Crippen LogP contribution in [0.1, 0.15) is 37.3 Å². The predicted octanol–water partition coefficient (Wildman–Crippen LogP) is 5.01. The van der Waals surface area contributed by atoms with E-state index in [1.54, 1.807) is 4.90 Å². The highest BCUT2D eigenvalue weighted by Crippen LogP contribution is 2.22. The van der Waals surface area contributed by atoms with Crippen LogP contribution in [0.15, 0.2) is 72.3 Å². The molecule has 30 heavy (non-hydrogen) atoms. The van der Waals surface area contributed by atoms with Crippen molar-refractivity contribution in [1.29, 1.82) is 0 Å². The number of rotatable bonds is 5. The first kappa shape index (κ1) is 21.4. The number of likely N-dealkylation sites (tertiary alicyclic amines) is 1. The van der Waals surface area contributed by atoms with Crippen LogP contribution in [0.2, 0.25) is 0 Å². The molecule has 6 heteroatoms. The SMILES string of the molecule is CC=C1CCCN(C(=O)OCc2ccccc2)C(NC(=O)OCc2ccccc2)C1. The molecule has 1 aliphatic heterocycles. The molecule has 1 saturated heterocycles. The number of alkyl carbamates (subject to hydrolysis) is 1. The summed E-state index contributed by atoms with van der Waals surface area (Å²) >= 11 is 0. The molecule has 2 aromatic carbocycles. The number of hydrogen-bond acceptors (Lipinski definition) is 4. The Morgan fingerprint density at radius 1 is 1.00 bits per heavy atom. The molecule has 1 atom stereocenters. The fourth-order valence-electron chi connectivity index (χ4n) is 3.41. The van der Waals surface area contributed by atoms with Crippen LogP contribution in [0.4, 0.5) is 9.59 Å². The van der Waals surface area contributed by atoms with E-state index in [1.165, 1.54) is 5.57 Å². The van der Waals surface area contributed by atoms with Crippen molar-refractivity contribution in [2.45, 2.75) is 45.6 Å². The largest absolute Gasteiger partial charge is 0.445 e. The summed E-state index contributed by atoms with van der Waals surface area (Å²) in [7, 11) is 0. The molecular formula is C24H28N2O4. The van der Waals surface area contributed by atoms with Crippen LogP contribution in [-0.4, -0.2) is 29.8 Å². The normalized spacial score (nSPS) is 17.8. The van der Waals surface area contributed by atoms with Crippen molar-refractivity contribution in [1.82, 2.24) is 10.2 Å².